The molecule has 0 radical (unpaired) electrons. The minimum absolute atomic E-state index is 0.266. The zero-order valence-corrected chi connectivity index (χ0v) is 10.6. The SMILES string of the molecule is O=C(CCc1ccco1)N1CC2CCCNC2C1. The van der Waals surface area contributed by atoms with E-state index in [4.69, 9.17) is 4.42 Å². The number of fused-ring (bicyclic) bond motifs is 1. The van der Waals surface area contributed by atoms with Crippen molar-refractivity contribution in [2.75, 3.05) is 19.6 Å². The summed E-state index contributed by atoms with van der Waals surface area (Å²) in [6.07, 6.45) is 5.45. The highest BCUT2D eigenvalue weighted by Crippen LogP contribution is 2.25. The van der Waals surface area contributed by atoms with Crippen molar-refractivity contribution in [2.45, 2.75) is 31.7 Å². The largest absolute Gasteiger partial charge is 0.469 e. The second-order valence-corrected chi connectivity index (χ2v) is 5.34. The Morgan fingerprint density at radius 2 is 2.44 bits per heavy atom. The molecule has 0 aromatic carbocycles. The fourth-order valence-corrected chi connectivity index (χ4v) is 3.09. The lowest BCUT2D eigenvalue weighted by atomic mass is 9.94. The van der Waals surface area contributed by atoms with Gasteiger partial charge in [0, 0.05) is 32.0 Å². The van der Waals surface area contributed by atoms with E-state index >= 15 is 0 Å². The summed E-state index contributed by atoms with van der Waals surface area (Å²) >= 11 is 0. The first-order valence-electron chi connectivity index (χ1n) is 6.86. The van der Waals surface area contributed by atoms with E-state index in [9.17, 15) is 4.79 Å². The topological polar surface area (TPSA) is 45.5 Å². The number of nitrogens with zero attached hydrogens (tertiary/aromatic N) is 1. The summed E-state index contributed by atoms with van der Waals surface area (Å²) in [6.45, 7) is 2.94. The molecule has 1 aromatic heterocycles. The lowest BCUT2D eigenvalue weighted by Gasteiger charge is -2.24. The number of amides is 1. The Morgan fingerprint density at radius 1 is 1.50 bits per heavy atom. The molecule has 2 fully saturated rings. The first kappa shape index (κ1) is 11.8. The Balaban J connectivity index is 1.51. The summed E-state index contributed by atoms with van der Waals surface area (Å²) in [5.74, 6) is 1.84. The van der Waals surface area contributed by atoms with E-state index < -0.39 is 0 Å². The van der Waals surface area contributed by atoms with Gasteiger partial charge in [0.2, 0.25) is 5.91 Å². The summed E-state index contributed by atoms with van der Waals surface area (Å²) in [5.41, 5.74) is 0. The molecule has 2 saturated heterocycles. The van der Waals surface area contributed by atoms with Gasteiger partial charge in [-0.15, -0.1) is 0 Å². The third kappa shape index (κ3) is 2.43. The van der Waals surface area contributed by atoms with Crippen molar-refractivity contribution >= 4 is 5.91 Å². The number of carbonyl (C=O) groups excluding carboxylic acids is 1. The first-order valence-corrected chi connectivity index (χ1v) is 6.86. The third-order valence-electron chi connectivity index (χ3n) is 4.12. The van der Waals surface area contributed by atoms with E-state index in [0.717, 1.165) is 25.4 Å². The summed E-state index contributed by atoms with van der Waals surface area (Å²) in [7, 11) is 0. The predicted octanol–water partition coefficient (Wildman–Crippen LogP) is 1.42. The molecule has 2 aliphatic rings. The average Bonchev–Trinajstić information content (AvgIpc) is 3.04. The Kier molecular flexibility index (Phi) is 3.37. The van der Waals surface area contributed by atoms with Gasteiger partial charge >= 0.3 is 0 Å². The fraction of sp³-hybridized carbons (Fsp3) is 0.643. The lowest BCUT2D eigenvalue weighted by Crippen LogP contribution is -2.41. The molecular formula is C14H20N2O2. The van der Waals surface area contributed by atoms with E-state index in [0.29, 0.717) is 24.8 Å². The Labute approximate surface area is 107 Å². The van der Waals surface area contributed by atoms with E-state index in [2.05, 4.69) is 5.32 Å². The number of aryl methyl sites for hydroxylation is 1. The molecule has 1 amide bonds. The van der Waals surface area contributed by atoms with Crippen LogP contribution >= 0.6 is 0 Å². The number of nitrogens with one attached hydrogen (secondary N) is 1. The van der Waals surface area contributed by atoms with Crippen molar-refractivity contribution < 1.29 is 9.21 Å². The molecule has 1 N–H and O–H groups in total. The van der Waals surface area contributed by atoms with Crippen LogP contribution in [0.4, 0.5) is 0 Å². The third-order valence-corrected chi connectivity index (χ3v) is 4.12. The van der Waals surface area contributed by atoms with Gasteiger partial charge in [0.25, 0.3) is 0 Å². The molecule has 0 aliphatic carbocycles. The highest BCUT2D eigenvalue weighted by atomic mass is 16.3. The van der Waals surface area contributed by atoms with Crippen molar-refractivity contribution in [1.82, 2.24) is 10.2 Å². The van der Waals surface area contributed by atoms with Crippen molar-refractivity contribution in [3.05, 3.63) is 24.2 Å². The normalized spacial score (nSPS) is 27.2. The van der Waals surface area contributed by atoms with Gasteiger partial charge in [-0.2, -0.15) is 0 Å². The second kappa shape index (κ2) is 5.14. The smallest absolute Gasteiger partial charge is 0.223 e. The zero-order valence-electron chi connectivity index (χ0n) is 10.6. The molecule has 0 spiro atoms. The number of likely N-dealkylation sites (tertiary alicyclic amines) is 1. The molecule has 2 atom stereocenters. The monoisotopic (exact) mass is 248 g/mol. The maximum absolute atomic E-state index is 12.1. The van der Waals surface area contributed by atoms with Crippen LogP contribution < -0.4 is 5.32 Å². The van der Waals surface area contributed by atoms with E-state index in [1.165, 1.54) is 12.8 Å². The maximum atomic E-state index is 12.1. The number of piperidine rings is 1. The van der Waals surface area contributed by atoms with Gasteiger partial charge in [-0.1, -0.05) is 0 Å². The number of carbonyl (C=O) groups is 1. The van der Waals surface area contributed by atoms with Crippen LogP contribution in [-0.4, -0.2) is 36.5 Å². The zero-order chi connectivity index (χ0) is 12.4. The predicted molar refractivity (Wildman–Crippen MR) is 68.1 cm³/mol. The van der Waals surface area contributed by atoms with Crippen LogP contribution in [0, 0.1) is 5.92 Å². The first-order chi connectivity index (χ1) is 8.83. The molecule has 2 aliphatic heterocycles. The summed E-state index contributed by atoms with van der Waals surface area (Å²) < 4.78 is 5.26. The van der Waals surface area contributed by atoms with Crippen molar-refractivity contribution in [2.24, 2.45) is 5.92 Å². The van der Waals surface area contributed by atoms with Crippen LogP contribution in [0.3, 0.4) is 0 Å². The van der Waals surface area contributed by atoms with Gasteiger partial charge < -0.3 is 14.6 Å². The van der Waals surface area contributed by atoms with Crippen LogP contribution in [0.5, 0.6) is 0 Å². The highest BCUT2D eigenvalue weighted by Gasteiger charge is 2.35. The van der Waals surface area contributed by atoms with Crippen LogP contribution in [0.15, 0.2) is 22.8 Å². The van der Waals surface area contributed by atoms with Crippen LogP contribution in [0.2, 0.25) is 0 Å². The van der Waals surface area contributed by atoms with Crippen molar-refractivity contribution in [3.8, 4) is 0 Å². The second-order valence-electron chi connectivity index (χ2n) is 5.34. The van der Waals surface area contributed by atoms with E-state index in [1.54, 1.807) is 6.26 Å². The minimum Gasteiger partial charge on any atom is -0.469 e. The highest BCUT2D eigenvalue weighted by molar-refractivity contribution is 5.76. The number of rotatable bonds is 3. The number of hydrogen-bond acceptors (Lipinski definition) is 3. The summed E-state index contributed by atoms with van der Waals surface area (Å²) in [5, 5.41) is 3.52. The van der Waals surface area contributed by atoms with E-state index in [-0.39, 0.29) is 5.91 Å². The average molecular weight is 248 g/mol. The van der Waals surface area contributed by atoms with Gasteiger partial charge in [0.05, 0.1) is 6.26 Å². The molecule has 0 saturated carbocycles. The molecule has 3 heterocycles. The van der Waals surface area contributed by atoms with Crippen molar-refractivity contribution in [1.29, 1.82) is 0 Å². The molecule has 2 unspecified atom stereocenters. The Hall–Kier alpha value is -1.29. The standard InChI is InChI=1S/C14H20N2O2/c17-14(6-5-12-4-2-8-18-12)16-9-11-3-1-7-15-13(11)10-16/h2,4,8,11,13,15H,1,3,5-7,9-10H2. The molecule has 4 heteroatoms. The van der Waals surface area contributed by atoms with E-state index in [1.807, 2.05) is 17.0 Å². The number of hydrogen-bond donors (Lipinski definition) is 1. The molecule has 18 heavy (non-hydrogen) atoms. The Morgan fingerprint density at radius 3 is 3.22 bits per heavy atom. The van der Waals surface area contributed by atoms with Crippen molar-refractivity contribution in [3.63, 3.8) is 0 Å². The van der Waals surface area contributed by atoms with Crippen LogP contribution in [-0.2, 0) is 11.2 Å². The summed E-state index contributed by atoms with van der Waals surface area (Å²) in [4.78, 5) is 14.2. The molecule has 0 bridgehead atoms. The molecular weight excluding hydrogens is 228 g/mol. The molecule has 1 aromatic rings. The van der Waals surface area contributed by atoms with Gasteiger partial charge in [0.1, 0.15) is 5.76 Å². The molecule has 98 valence electrons. The molecule has 3 rings (SSSR count). The maximum Gasteiger partial charge on any atom is 0.223 e. The lowest BCUT2D eigenvalue weighted by molar-refractivity contribution is -0.130. The molecule has 4 nitrogen and oxygen atoms in total. The Bertz CT molecular complexity index is 388. The van der Waals surface area contributed by atoms with Gasteiger partial charge in [-0.3, -0.25) is 4.79 Å². The van der Waals surface area contributed by atoms with Gasteiger partial charge in [0.15, 0.2) is 0 Å². The minimum atomic E-state index is 0.266. The number of furan rings is 1. The summed E-state index contributed by atoms with van der Waals surface area (Å²) in [6, 6.07) is 4.33. The fourth-order valence-electron chi connectivity index (χ4n) is 3.09. The van der Waals surface area contributed by atoms with Crippen LogP contribution in [0.25, 0.3) is 0 Å². The quantitative estimate of drug-likeness (QED) is 0.880. The van der Waals surface area contributed by atoms with Gasteiger partial charge in [-0.05, 0) is 37.4 Å². The van der Waals surface area contributed by atoms with Gasteiger partial charge in [-0.25, -0.2) is 0 Å². The van der Waals surface area contributed by atoms with Crippen LogP contribution in [0.1, 0.15) is 25.0 Å².